The van der Waals surface area contributed by atoms with Crippen LogP contribution in [0.25, 0.3) is 0 Å². The molecule has 1 fully saturated rings. The van der Waals surface area contributed by atoms with Crippen molar-refractivity contribution in [3.8, 4) is 0 Å². The van der Waals surface area contributed by atoms with Crippen LogP contribution in [0.5, 0.6) is 0 Å². The van der Waals surface area contributed by atoms with Crippen molar-refractivity contribution < 1.29 is 4.79 Å². The number of rotatable bonds is 5. The van der Waals surface area contributed by atoms with Gasteiger partial charge in [0.25, 0.3) is 0 Å². The predicted octanol–water partition coefficient (Wildman–Crippen LogP) is 3.10. The Morgan fingerprint density at radius 2 is 2.35 bits per heavy atom. The van der Waals surface area contributed by atoms with Crippen LogP contribution in [0.2, 0.25) is 5.02 Å². The lowest BCUT2D eigenvalue weighted by Crippen LogP contribution is -2.30. The lowest BCUT2D eigenvalue weighted by atomic mass is 10.1. The van der Waals surface area contributed by atoms with Crippen molar-refractivity contribution in [3.05, 3.63) is 33.3 Å². The summed E-state index contributed by atoms with van der Waals surface area (Å²) in [5.41, 5.74) is 1.09. The van der Waals surface area contributed by atoms with E-state index in [0.717, 1.165) is 42.5 Å². The highest BCUT2D eigenvalue weighted by Crippen LogP contribution is 2.23. The monoisotopic (exact) mass is 358 g/mol. The van der Waals surface area contributed by atoms with Gasteiger partial charge < -0.3 is 10.2 Å². The minimum absolute atomic E-state index is 0.246. The molecule has 1 saturated heterocycles. The van der Waals surface area contributed by atoms with E-state index < -0.39 is 0 Å². The van der Waals surface area contributed by atoms with Crippen LogP contribution in [0.15, 0.2) is 22.7 Å². The molecule has 0 bridgehead atoms. The average Bonchev–Trinajstić information content (AvgIpc) is 2.88. The van der Waals surface area contributed by atoms with Gasteiger partial charge in [0.2, 0.25) is 5.91 Å². The van der Waals surface area contributed by atoms with E-state index in [-0.39, 0.29) is 5.91 Å². The van der Waals surface area contributed by atoms with Gasteiger partial charge in [-0.3, -0.25) is 4.79 Å². The molecule has 0 saturated carbocycles. The third-order valence-electron chi connectivity index (χ3n) is 3.75. The predicted molar refractivity (Wildman–Crippen MR) is 86.1 cm³/mol. The molecule has 1 N–H and O–H groups in total. The number of nitrogens with one attached hydrogen (secondary N) is 1. The highest BCUT2D eigenvalue weighted by molar-refractivity contribution is 9.10. The van der Waals surface area contributed by atoms with Crippen LogP contribution in [-0.4, -0.2) is 37.5 Å². The van der Waals surface area contributed by atoms with Crippen LogP contribution in [0.1, 0.15) is 18.4 Å². The highest BCUT2D eigenvalue weighted by Gasteiger charge is 2.25. The van der Waals surface area contributed by atoms with Gasteiger partial charge >= 0.3 is 0 Å². The molecule has 2 rings (SSSR count). The lowest BCUT2D eigenvalue weighted by Gasteiger charge is -2.17. The fourth-order valence-electron chi connectivity index (χ4n) is 2.65. The first-order valence-corrected chi connectivity index (χ1v) is 8.13. The summed E-state index contributed by atoms with van der Waals surface area (Å²) in [5, 5.41) is 3.90. The molecule has 0 radical (unpaired) electrons. The Bertz CT molecular complexity index is 481. The summed E-state index contributed by atoms with van der Waals surface area (Å²) in [4.78, 5) is 14.2. The van der Waals surface area contributed by atoms with Gasteiger partial charge in [0, 0.05) is 29.0 Å². The zero-order valence-corrected chi connectivity index (χ0v) is 14.0. The number of hydrogen-bond donors (Lipinski definition) is 1. The van der Waals surface area contributed by atoms with Crippen LogP contribution in [-0.2, 0) is 11.2 Å². The third-order valence-corrected chi connectivity index (χ3v) is 4.76. The molecule has 1 atom stereocenters. The number of halogens is 2. The summed E-state index contributed by atoms with van der Waals surface area (Å²) < 4.78 is 1.02. The average molecular weight is 360 g/mol. The Hall–Kier alpha value is -0.580. The second-order valence-electron chi connectivity index (χ2n) is 5.29. The molecule has 1 aromatic carbocycles. The van der Waals surface area contributed by atoms with Crippen molar-refractivity contribution in [2.24, 2.45) is 5.92 Å². The first-order valence-electron chi connectivity index (χ1n) is 6.96. The summed E-state index contributed by atoms with van der Waals surface area (Å²) in [6, 6.07) is 5.70. The Morgan fingerprint density at radius 1 is 1.55 bits per heavy atom. The van der Waals surface area contributed by atoms with Gasteiger partial charge in [-0.25, -0.2) is 0 Å². The molecule has 1 aromatic rings. The Balaban J connectivity index is 1.85. The number of likely N-dealkylation sites (tertiary alicyclic amines) is 1. The maximum atomic E-state index is 12.2. The molecule has 110 valence electrons. The topological polar surface area (TPSA) is 32.3 Å². The van der Waals surface area contributed by atoms with E-state index in [0.29, 0.717) is 17.4 Å². The van der Waals surface area contributed by atoms with Gasteiger partial charge in [-0.05, 0) is 56.1 Å². The molecule has 0 aromatic heterocycles. The number of hydrogen-bond acceptors (Lipinski definition) is 2. The summed E-state index contributed by atoms with van der Waals surface area (Å²) in [6.07, 6.45) is 2.38. The van der Waals surface area contributed by atoms with E-state index in [4.69, 9.17) is 11.6 Å². The molecule has 1 aliphatic heterocycles. The second-order valence-corrected chi connectivity index (χ2v) is 6.58. The Kier molecular flexibility index (Phi) is 5.87. The van der Waals surface area contributed by atoms with Crippen molar-refractivity contribution in [1.82, 2.24) is 10.2 Å². The number of amides is 1. The minimum Gasteiger partial charge on any atom is -0.342 e. The molecule has 1 aliphatic rings. The summed E-state index contributed by atoms with van der Waals surface area (Å²) >= 11 is 9.49. The van der Waals surface area contributed by atoms with Crippen LogP contribution < -0.4 is 5.32 Å². The largest absolute Gasteiger partial charge is 0.342 e. The standard InChI is InChI=1S/C15H20BrClN2O/c1-18-9-11-6-7-19(10-11)15(20)5-2-12-8-13(17)3-4-14(12)16/h3-4,8,11,18H,2,5-7,9-10H2,1H3/t11-/m0/s1. The van der Waals surface area contributed by atoms with E-state index >= 15 is 0 Å². The van der Waals surface area contributed by atoms with Crippen molar-refractivity contribution in [2.75, 3.05) is 26.7 Å². The third kappa shape index (κ3) is 4.21. The maximum absolute atomic E-state index is 12.2. The number of nitrogens with zero attached hydrogens (tertiary/aromatic N) is 1. The van der Waals surface area contributed by atoms with Gasteiger partial charge in [-0.2, -0.15) is 0 Å². The van der Waals surface area contributed by atoms with Crippen molar-refractivity contribution in [3.63, 3.8) is 0 Å². The number of carbonyl (C=O) groups is 1. The van der Waals surface area contributed by atoms with Crippen LogP contribution in [0, 0.1) is 5.92 Å². The number of benzene rings is 1. The summed E-state index contributed by atoms with van der Waals surface area (Å²) in [5.74, 6) is 0.845. The SMILES string of the molecule is CNC[C@@H]1CCN(C(=O)CCc2cc(Cl)ccc2Br)C1. The van der Waals surface area contributed by atoms with Crippen molar-refractivity contribution in [2.45, 2.75) is 19.3 Å². The minimum atomic E-state index is 0.246. The highest BCUT2D eigenvalue weighted by atomic mass is 79.9. The van der Waals surface area contributed by atoms with Crippen LogP contribution >= 0.6 is 27.5 Å². The molecular formula is C15H20BrClN2O. The van der Waals surface area contributed by atoms with E-state index in [9.17, 15) is 4.79 Å². The number of aryl methyl sites for hydroxylation is 1. The molecule has 1 amide bonds. The van der Waals surface area contributed by atoms with Gasteiger partial charge in [-0.15, -0.1) is 0 Å². The van der Waals surface area contributed by atoms with Gasteiger partial charge in [-0.1, -0.05) is 27.5 Å². The molecule has 0 spiro atoms. The Morgan fingerprint density at radius 3 is 3.10 bits per heavy atom. The zero-order valence-electron chi connectivity index (χ0n) is 11.7. The first-order chi connectivity index (χ1) is 9.60. The van der Waals surface area contributed by atoms with Crippen molar-refractivity contribution in [1.29, 1.82) is 0 Å². The quantitative estimate of drug-likeness (QED) is 0.876. The maximum Gasteiger partial charge on any atom is 0.222 e. The second kappa shape index (κ2) is 7.43. The normalized spacial score (nSPS) is 18.6. The van der Waals surface area contributed by atoms with E-state index in [1.54, 1.807) is 0 Å². The van der Waals surface area contributed by atoms with Gasteiger partial charge in [0.05, 0.1) is 0 Å². The molecular weight excluding hydrogens is 340 g/mol. The molecule has 0 aliphatic carbocycles. The van der Waals surface area contributed by atoms with Crippen LogP contribution in [0.3, 0.4) is 0 Å². The van der Waals surface area contributed by atoms with E-state index in [1.165, 1.54) is 0 Å². The fraction of sp³-hybridized carbons (Fsp3) is 0.533. The molecule has 20 heavy (non-hydrogen) atoms. The van der Waals surface area contributed by atoms with E-state index in [2.05, 4.69) is 21.2 Å². The zero-order chi connectivity index (χ0) is 14.5. The molecule has 0 unspecified atom stereocenters. The molecule has 1 heterocycles. The van der Waals surface area contributed by atoms with Gasteiger partial charge in [0.1, 0.15) is 0 Å². The van der Waals surface area contributed by atoms with Gasteiger partial charge in [0.15, 0.2) is 0 Å². The fourth-order valence-corrected chi connectivity index (χ4v) is 3.29. The Labute approximate surface area is 133 Å². The van der Waals surface area contributed by atoms with Crippen LogP contribution in [0.4, 0.5) is 0 Å². The smallest absolute Gasteiger partial charge is 0.222 e. The first kappa shape index (κ1) is 15.8. The molecule has 3 nitrogen and oxygen atoms in total. The molecule has 5 heteroatoms. The summed E-state index contributed by atoms with van der Waals surface area (Å²) in [7, 11) is 1.96. The number of carbonyl (C=O) groups excluding carboxylic acids is 1. The summed E-state index contributed by atoms with van der Waals surface area (Å²) in [6.45, 7) is 2.77. The lowest BCUT2D eigenvalue weighted by molar-refractivity contribution is -0.130. The van der Waals surface area contributed by atoms with Crippen molar-refractivity contribution >= 4 is 33.4 Å². The van der Waals surface area contributed by atoms with E-state index in [1.807, 2.05) is 30.1 Å².